The lowest BCUT2D eigenvalue weighted by Crippen LogP contribution is -2.26. The van der Waals surface area contributed by atoms with E-state index in [0.29, 0.717) is 23.1 Å². The number of halogens is 1. The Hall–Kier alpha value is -2.99. The van der Waals surface area contributed by atoms with Crippen molar-refractivity contribution in [3.05, 3.63) is 75.3 Å². The molecule has 1 aliphatic heterocycles. The van der Waals surface area contributed by atoms with Crippen LogP contribution in [0.3, 0.4) is 0 Å². The number of anilines is 1. The van der Waals surface area contributed by atoms with Gasteiger partial charge in [0, 0.05) is 29.2 Å². The second-order valence-electron chi connectivity index (χ2n) is 6.06. The molecule has 4 rings (SSSR count). The van der Waals surface area contributed by atoms with Crippen molar-refractivity contribution in [1.29, 1.82) is 0 Å². The standard InChI is InChI=1S/C19H16FN3O2/c20-12-4-5-17-13(8-12)14(9-18(24)22-17)19(25)23-16-3-1-2-11-6-7-21-10-15(11)16/h1-5,8-9,21H,6-7,10H2,(H,22,24)(H,23,25). The van der Waals surface area contributed by atoms with Crippen molar-refractivity contribution < 1.29 is 9.18 Å². The number of aromatic nitrogens is 1. The van der Waals surface area contributed by atoms with Gasteiger partial charge in [0.1, 0.15) is 5.82 Å². The molecule has 0 aliphatic carbocycles. The second-order valence-corrected chi connectivity index (χ2v) is 6.06. The molecule has 2 heterocycles. The molecule has 1 aliphatic rings. The Morgan fingerprint density at radius 2 is 2.04 bits per heavy atom. The Kier molecular flexibility index (Phi) is 3.82. The summed E-state index contributed by atoms with van der Waals surface area (Å²) in [5.74, 6) is -0.893. The molecule has 0 spiro atoms. The van der Waals surface area contributed by atoms with Gasteiger partial charge in [0.2, 0.25) is 5.56 Å². The molecule has 2 aromatic carbocycles. The highest BCUT2D eigenvalue weighted by atomic mass is 19.1. The van der Waals surface area contributed by atoms with E-state index >= 15 is 0 Å². The lowest BCUT2D eigenvalue weighted by molar-refractivity contribution is 0.102. The van der Waals surface area contributed by atoms with Crippen LogP contribution in [0.25, 0.3) is 10.9 Å². The summed E-state index contributed by atoms with van der Waals surface area (Å²) in [4.78, 5) is 27.2. The average Bonchev–Trinajstić information content (AvgIpc) is 2.61. The van der Waals surface area contributed by atoms with Gasteiger partial charge in [0.05, 0.1) is 5.56 Å². The van der Waals surface area contributed by atoms with Gasteiger partial charge in [0.25, 0.3) is 5.91 Å². The van der Waals surface area contributed by atoms with Gasteiger partial charge in [0.15, 0.2) is 0 Å². The second kappa shape index (κ2) is 6.14. The van der Waals surface area contributed by atoms with Crippen LogP contribution in [0, 0.1) is 5.82 Å². The van der Waals surface area contributed by atoms with Crippen LogP contribution in [0.4, 0.5) is 10.1 Å². The summed E-state index contributed by atoms with van der Waals surface area (Å²) in [5.41, 5.74) is 3.12. The largest absolute Gasteiger partial charge is 0.322 e. The maximum absolute atomic E-state index is 13.6. The third kappa shape index (κ3) is 2.92. The fourth-order valence-electron chi connectivity index (χ4n) is 3.23. The van der Waals surface area contributed by atoms with Crippen molar-refractivity contribution in [1.82, 2.24) is 10.3 Å². The molecule has 0 radical (unpaired) electrons. The van der Waals surface area contributed by atoms with Crippen molar-refractivity contribution >= 4 is 22.5 Å². The predicted octanol–water partition coefficient (Wildman–Crippen LogP) is 2.57. The number of hydrogen-bond acceptors (Lipinski definition) is 3. The highest BCUT2D eigenvalue weighted by Gasteiger charge is 2.17. The molecule has 0 unspecified atom stereocenters. The molecule has 0 fully saturated rings. The van der Waals surface area contributed by atoms with Crippen LogP contribution in [0.1, 0.15) is 21.5 Å². The molecule has 3 aromatic rings. The van der Waals surface area contributed by atoms with Crippen LogP contribution >= 0.6 is 0 Å². The first-order valence-electron chi connectivity index (χ1n) is 8.07. The summed E-state index contributed by atoms with van der Waals surface area (Å²) in [6.07, 6.45) is 0.901. The van der Waals surface area contributed by atoms with Gasteiger partial charge < -0.3 is 15.6 Å². The third-order valence-corrected chi connectivity index (χ3v) is 4.44. The lowest BCUT2D eigenvalue weighted by Gasteiger charge is -2.20. The zero-order valence-electron chi connectivity index (χ0n) is 13.4. The summed E-state index contributed by atoms with van der Waals surface area (Å²) < 4.78 is 13.6. The number of carbonyl (C=O) groups excluding carboxylic acids is 1. The van der Waals surface area contributed by atoms with E-state index in [2.05, 4.69) is 15.6 Å². The number of nitrogens with one attached hydrogen (secondary N) is 3. The van der Waals surface area contributed by atoms with Crippen LogP contribution in [0.15, 0.2) is 47.3 Å². The average molecular weight is 337 g/mol. The zero-order chi connectivity index (χ0) is 17.4. The quantitative estimate of drug-likeness (QED) is 0.673. The van der Waals surface area contributed by atoms with Crippen molar-refractivity contribution in [3.63, 3.8) is 0 Å². The Labute approximate surface area is 142 Å². The first-order chi connectivity index (χ1) is 12.1. The maximum Gasteiger partial charge on any atom is 0.256 e. The van der Waals surface area contributed by atoms with Crippen LogP contribution in [0.5, 0.6) is 0 Å². The minimum absolute atomic E-state index is 0.152. The Morgan fingerprint density at radius 3 is 2.92 bits per heavy atom. The van der Waals surface area contributed by atoms with Crippen molar-refractivity contribution in [2.45, 2.75) is 13.0 Å². The molecule has 6 heteroatoms. The topological polar surface area (TPSA) is 74.0 Å². The number of amides is 1. The van der Waals surface area contributed by atoms with E-state index < -0.39 is 17.3 Å². The summed E-state index contributed by atoms with van der Waals surface area (Å²) in [7, 11) is 0. The Balaban J connectivity index is 1.76. The minimum Gasteiger partial charge on any atom is -0.322 e. The van der Waals surface area contributed by atoms with Gasteiger partial charge in [-0.3, -0.25) is 9.59 Å². The van der Waals surface area contributed by atoms with Crippen LogP contribution in [-0.2, 0) is 13.0 Å². The number of rotatable bonds is 2. The highest BCUT2D eigenvalue weighted by molar-refractivity contribution is 6.12. The van der Waals surface area contributed by atoms with Crippen molar-refractivity contribution in [2.24, 2.45) is 0 Å². The van der Waals surface area contributed by atoms with Crippen LogP contribution in [0.2, 0.25) is 0 Å². The highest BCUT2D eigenvalue weighted by Crippen LogP contribution is 2.24. The molecular formula is C19H16FN3O2. The molecular weight excluding hydrogens is 321 g/mol. The van der Waals surface area contributed by atoms with Gasteiger partial charge >= 0.3 is 0 Å². The smallest absolute Gasteiger partial charge is 0.256 e. The molecule has 1 amide bonds. The minimum atomic E-state index is -0.463. The molecule has 5 nitrogen and oxygen atoms in total. The van der Waals surface area contributed by atoms with Gasteiger partial charge in [-0.2, -0.15) is 0 Å². The van der Waals surface area contributed by atoms with Gasteiger partial charge in [-0.15, -0.1) is 0 Å². The molecule has 25 heavy (non-hydrogen) atoms. The summed E-state index contributed by atoms with van der Waals surface area (Å²) in [6.45, 7) is 1.58. The van der Waals surface area contributed by atoms with Gasteiger partial charge in [-0.25, -0.2) is 4.39 Å². The lowest BCUT2D eigenvalue weighted by atomic mass is 9.99. The number of aromatic amines is 1. The summed E-state index contributed by atoms with van der Waals surface area (Å²) >= 11 is 0. The molecule has 3 N–H and O–H groups in total. The molecule has 1 aromatic heterocycles. The monoisotopic (exact) mass is 337 g/mol. The number of fused-ring (bicyclic) bond motifs is 2. The number of carbonyl (C=O) groups is 1. The van der Waals surface area contributed by atoms with E-state index in [-0.39, 0.29) is 5.56 Å². The zero-order valence-corrected chi connectivity index (χ0v) is 13.4. The van der Waals surface area contributed by atoms with Crippen LogP contribution < -0.4 is 16.2 Å². The predicted molar refractivity (Wildman–Crippen MR) is 94.3 cm³/mol. The van der Waals surface area contributed by atoms with E-state index in [0.717, 1.165) is 18.5 Å². The number of pyridine rings is 1. The summed E-state index contributed by atoms with van der Waals surface area (Å²) in [5, 5.41) is 6.53. The Morgan fingerprint density at radius 1 is 1.16 bits per heavy atom. The van der Waals surface area contributed by atoms with E-state index in [4.69, 9.17) is 0 Å². The first-order valence-corrected chi connectivity index (χ1v) is 8.07. The number of hydrogen-bond donors (Lipinski definition) is 3. The summed E-state index contributed by atoms with van der Waals surface area (Å²) in [6, 6.07) is 10.9. The van der Waals surface area contributed by atoms with Crippen molar-refractivity contribution in [2.75, 3.05) is 11.9 Å². The first kappa shape index (κ1) is 15.5. The Bertz CT molecular complexity index is 1040. The fourth-order valence-corrected chi connectivity index (χ4v) is 3.23. The van der Waals surface area contributed by atoms with Gasteiger partial charge in [-0.1, -0.05) is 12.1 Å². The molecule has 0 saturated heterocycles. The SMILES string of the molecule is O=C(Nc1cccc2c1CNCC2)c1cc(=O)[nH]c2ccc(F)cc12. The molecule has 0 bridgehead atoms. The van der Waals surface area contributed by atoms with E-state index in [1.807, 2.05) is 18.2 Å². The van der Waals surface area contributed by atoms with Crippen molar-refractivity contribution in [3.8, 4) is 0 Å². The van der Waals surface area contributed by atoms with E-state index in [1.165, 1.54) is 29.8 Å². The normalized spacial score (nSPS) is 13.5. The maximum atomic E-state index is 13.6. The molecule has 0 atom stereocenters. The number of H-pyrrole nitrogens is 1. The fraction of sp³-hybridized carbons (Fsp3) is 0.158. The van der Waals surface area contributed by atoms with E-state index in [1.54, 1.807) is 0 Å². The van der Waals surface area contributed by atoms with Crippen LogP contribution in [-0.4, -0.2) is 17.4 Å². The molecule has 0 saturated carbocycles. The van der Waals surface area contributed by atoms with E-state index in [9.17, 15) is 14.0 Å². The third-order valence-electron chi connectivity index (χ3n) is 4.44. The number of benzene rings is 2. The van der Waals surface area contributed by atoms with Gasteiger partial charge in [-0.05, 0) is 48.4 Å². The molecule has 126 valence electrons.